The van der Waals surface area contributed by atoms with E-state index in [-0.39, 0.29) is 16.8 Å². The molecule has 1 aliphatic carbocycles. The zero-order valence-corrected chi connectivity index (χ0v) is 20.8. The van der Waals surface area contributed by atoms with Gasteiger partial charge in [0, 0.05) is 25.6 Å². The minimum absolute atomic E-state index is 0.000725. The van der Waals surface area contributed by atoms with Crippen molar-refractivity contribution >= 4 is 28.0 Å². The van der Waals surface area contributed by atoms with E-state index in [4.69, 9.17) is 0 Å². The van der Waals surface area contributed by atoms with E-state index in [0.29, 0.717) is 37.8 Å². The number of hydrogen-bond donors (Lipinski definition) is 3. The fourth-order valence-corrected chi connectivity index (χ4v) is 5.47. The molecule has 1 heterocycles. The third-order valence-corrected chi connectivity index (χ3v) is 8.17. The molecule has 34 heavy (non-hydrogen) atoms. The third-order valence-electron chi connectivity index (χ3n) is 6.82. The van der Waals surface area contributed by atoms with Gasteiger partial charge < -0.3 is 10.6 Å². The van der Waals surface area contributed by atoms with Crippen molar-refractivity contribution in [1.82, 2.24) is 20.3 Å². The van der Waals surface area contributed by atoms with Gasteiger partial charge in [0.2, 0.25) is 5.91 Å². The molecule has 3 N–H and O–H groups in total. The van der Waals surface area contributed by atoms with Crippen molar-refractivity contribution < 1.29 is 22.8 Å². The summed E-state index contributed by atoms with van der Waals surface area (Å²) in [5, 5.41) is 5.52. The molecule has 9 nitrogen and oxygen atoms in total. The van der Waals surface area contributed by atoms with Crippen molar-refractivity contribution in [2.75, 3.05) is 13.1 Å². The third kappa shape index (κ3) is 7.19. The molecular formula is C24H36N4O5S. The lowest BCUT2D eigenvalue weighted by atomic mass is 9.85. The van der Waals surface area contributed by atoms with Gasteiger partial charge in [0.1, 0.15) is 0 Å². The number of benzene rings is 1. The summed E-state index contributed by atoms with van der Waals surface area (Å²) >= 11 is 0. The topological polar surface area (TPSA) is 125 Å². The standard InChI is InChI=1S/C24H36N4O5S/c1-3-18-4-8-20(9-5-18)26-23(30)27-34(32,33)21-10-6-19(7-11-21)12-14-25-24(31)28-15-13-17(2)16-22(28)29/h6-7,10-11,17-18,20H,3-5,8-9,12-16H2,1-2H3,(H,25,31)(H2,26,27,30). The lowest BCUT2D eigenvalue weighted by Crippen LogP contribution is -2.48. The number of hydrogen-bond acceptors (Lipinski definition) is 5. The van der Waals surface area contributed by atoms with Crippen LogP contribution >= 0.6 is 0 Å². The maximum absolute atomic E-state index is 12.6. The summed E-state index contributed by atoms with van der Waals surface area (Å²) in [4.78, 5) is 37.7. The number of amides is 5. The summed E-state index contributed by atoms with van der Waals surface area (Å²) in [6.07, 6.45) is 6.63. The minimum Gasteiger partial charge on any atom is -0.337 e. The lowest BCUT2D eigenvalue weighted by molar-refractivity contribution is -0.131. The highest BCUT2D eigenvalue weighted by atomic mass is 32.2. The molecule has 2 aliphatic rings. The number of rotatable bonds is 7. The Morgan fingerprint density at radius 1 is 1.06 bits per heavy atom. The summed E-state index contributed by atoms with van der Waals surface area (Å²) in [6.45, 7) is 4.92. The molecule has 0 aromatic heterocycles. The maximum Gasteiger partial charge on any atom is 0.328 e. The number of sulfonamides is 1. The first-order chi connectivity index (χ1) is 16.2. The van der Waals surface area contributed by atoms with Crippen molar-refractivity contribution in [2.45, 2.75) is 76.2 Å². The Morgan fingerprint density at radius 2 is 1.74 bits per heavy atom. The number of nitrogens with one attached hydrogen (secondary N) is 3. The molecule has 5 amide bonds. The molecule has 10 heteroatoms. The molecule has 1 saturated heterocycles. The van der Waals surface area contributed by atoms with E-state index in [0.717, 1.165) is 44.1 Å². The molecule has 1 aliphatic heterocycles. The summed E-state index contributed by atoms with van der Waals surface area (Å²) in [6, 6.07) is 5.09. The van der Waals surface area contributed by atoms with Gasteiger partial charge in [0.25, 0.3) is 10.0 Å². The smallest absolute Gasteiger partial charge is 0.328 e. The first-order valence-electron chi connectivity index (χ1n) is 12.2. The molecule has 0 bridgehead atoms. The molecule has 1 unspecified atom stereocenters. The summed E-state index contributed by atoms with van der Waals surface area (Å²) in [5.41, 5.74) is 0.829. The van der Waals surface area contributed by atoms with Gasteiger partial charge in [-0.25, -0.2) is 22.7 Å². The quantitative estimate of drug-likeness (QED) is 0.539. The number of carbonyl (C=O) groups excluding carboxylic acids is 3. The zero-order chi connectivity index (χ0) is 24.7. The van der Waals surface area contributed by atoms with Crippen molar-refractivity contribution in [1.29, 1.82) is 0 Å². The number of piperidine rings is 1. The van der Waals surface area contributed by atoms with Gasteiger partial charge in [-0.15, -0.1) is 0 Å². The molecular weight excluding hydrogens is 456 g/mol. The van der Waals surface area contributed by atoms with Crippen LogP contribution in [0.4, 0.5) is 9.59 Å². The molecule has 3 rings (SSSR count). The first-order valence-corrected chi connectivity index (χ1v) is 13.7. The van der Waals surface area contributed by atoms with Crippen LogP contribution in [0.2, 0.25) is 0 Å². The van der Waals surface area contributed by atoms with Crippen molar-refractivity contribution in [2.24, 2.45) is 11.8 Å². The molecule has 1 aromatic rings. The minimum atomic E-state index is -3.98. The molecule has 0 radical (unpaired) electrons. The van der Waals surface area contributed by atoms with Crippen LogP contribution in [0, 0.1) is 11.8 Å². The van der Waals surface area contributed by atoms with Gasteiger partial charge in [-0.3, -0.25) is 9.69 Å². The predicted molar refractivity (Wildman–Crippen MR) is 129 cm³/mol. The molecule has 1 atom stereocenters. The molecule has 2 fully saturated rings. The Labute approximate surface area is 202 Å². The maximum atomic E-state index is 12.6. The molecule has 1 aromatic carbocycles. The highest BCUT2D eigenvalue weighted by Crippen LogP contribution is 2.26. The number of likely N-dealkylation sites (tertiary alicyclic amines) is 1. The fraction of sp³-hybridized carbons (Fsp3) is 0.625. The summed E-state index contributed by atoms with van der Waals surface area (Å²) < 4.78 is 27.2. The molecule has 188 valence electrons. The highest BCUT2D eigenvalue weighted by Gasteiger charge is 2.28. The second-order valence-corrected chi connectivity index (χ2v) is 11.2. The Bertz CT molecular complexity index is 972. The SMILES string of the molecule is CCC1CCC(NC(=O)NS(=O)(=O)c2ccc(CCNC(=O)N3CCC(C)CC3=O)cc2)CC1. The van der Waals surface area contributed by atoms with Gasteiger partial charge in [0.05, 0.1) is 4.90 Å². The van der Waals surface area contributed by atoms with Crippen LogP contribution in [-0.2, 0) is 21.2 Å². The number of carbonyl (C=O) groups is 3. The summed E-state index contributed by atoms with van der Waals surface area (Å²) in [5.74, 6) is 0.830. The molecule has 0 spiro atoms. The van der Waals surface area contributed by atoms with E-state index in [1.165, 1.54) is 17.0 Å². The first kappa shape index (κ1) is 26.0. The Hall–Kier alpha value is -2.62. The van der Waals surface area contributed by atoms with E-state index in [1.54, 1.807) is 12.1 Å². The Kier molecular flexibility index (Phi) is 8.93. The van der Waals surface area contributed by atoms with E-state index >= 15 is 0 Å². The van der Waals surface area contributed by atoms with Crippen LogP contribution in [0.5, 0.6) is 0 Å². The van der Waals surface area contributed by atoms with Crippen molar-refractivity contribution in [3.8, 4) is 0 Å². The van der Waals surface area contributed by atoms with Crippen LogP contribution in [0.1, 0.15) is 64.4 Å². The number of urea groups is 2. The van der Waals surface area contributed by atoms with Crippen LogP contribution < -0.4 is 15.4 Å². The second-order valence-electron chi connectivity index (χ2n) is 9.47. The molecule has 1 saturated carbocycles. The average molecular weight is 493 g/mol. The Balaban J connectivity index is 1.44. The van der Waals surface area contributed by atoms with E-state index in [1.807, 2.05) is 6.92 Å². The van der Waals surface area contributed by atoms with Crippen molar-refractivity contribution in [3.63, 3.8) is 0 Å². The van der Waals surface area contributed by atoms with Gasteiger partial charge in [-0.2, -0.15) is 0 Å². The van der Waals surface area contributed by atoms with Crippen LogP contribution in [0.25, 0.3) is 0 Å². The van der Waals surface area contributed by atoms with Gasteiger partial charge >= 0.3 is 12.1 Å². The van der Waals surface area contributed by atoms with Gasteiger partial charge in [0.15, 0.2) is 0 Å². The van der Waals surface area contributed by atoms with E-state index < -0.39 is 22.1 Å². The van der Waals surface area contributed by atoms with Gasteiger partial charge in [-0.05, 0) is 68.1 Å². The van der Waals surface area contributed by atoms with E-state index in [2.05, 4.69) is 22.3 Å². The monoisotopic (exact) mass is 492 g/mol. The highest BCUT2D eigenvalue weighted by molar-refractivity contribution is 7.90. The number of nitrogens with zero attached hydrogens (tertiary/aromatic N) is 1. The zero-order valence-electron chi connectivity index (χ0n) is 20.0. The average Bonchev–Trinajstić information content (AvgIpc) is 2.79. The van der Waals surface area contributed by atoms with Gasteiger partial charge in [-0.1, -0.05) is 32.4 Å². The van der Waals surface area contributed by atoms with Crippen molar-refractivity contribution in [3.05, 3.63) is 29.8 Å². The van der Waals surface area contributed by atoms with Crippen LogP contribution in [-0.4, -0.2) is 50.4 Å². The second kappa shape index (κ2) is 11.7. The predicted octanol–water partition coefficient (Wildman–Crippen LogP) is 3.15. The van der Waals surface area contributed by atoms with E-state index in [9.17, 15) is 22.8 Å². The van der Waals surface area contributed by atoms with Crippen LogP contribution in [0.15, 0.2) is 29.2 Å². The normalized spacial score (nSPS) is 23.3. The summed E-state index contributed by atoms with van der Waals surface area (Å²) in [7, 11) is -3.98. The van der Waals surface area contributed by atoms with Crippen LogP contribution in [0.3, 0.4) is 0 Å². The lowest BCUT2D eigenvalue weighted by Gasteiger charge is -2.28. The fourth-order valence-electron chi connectivity index (χ4n) is 4.55. The Morgan fingerprint density at radius 3 is 2.35 bits per heavy atom. The largest absolute Gasteiger partial charge is 0.337 e. The number of imide groups is 1.